The van der Waals surface area contributed by atoms with Gasteiger partial charge < -0.3 is 15.4 Å². The molecule has 0 fully saturated rings. The maximum Gasteiger partial charge on any atom is 0.348 e. The van der Waals surface area contributed by atoms with E-state index in [0.29, 0.717) is 36.2 Å². The van der Waals surface area contributed by atoms with Crippen molar-refractivity contribution in [1.82, 2.24) is 15.3 Å². The largest absolute Gasteiger partial charge is 0.462 e. The highest BCUT2D eigenvalue weighted by Crippen LogP contribution is 2.34. The molecule has 2 N–H and O–H groups in total. The average Bonchev–Trinajstić information content (AvgIpc) is 2.80. The number of fused-ring (bicyclic) bond motifs is 1. The molecule has 2 heterocycles. The Bertz CT molecular complexity index is 742. The number of thiophene rings is 1. The highest BCUT2D eigenvalue weighted by molar-refractivity contribution is 7.20. The number of hydrogen-bond donors (Lipinski definition) is 2. The molecule has 0 unspecified atom stereocenters. The van der Waals surface area contributed by atoms with E-state index in [1.165, 1.54) is 18.3 Å². The molecule has 2 aromatic heterocycles. The van der Waals surface area contributed by atoms with E-state index in [1.807, 2.05) is 6.92 Å². The van der Waals surface area contributed by atoms with Gasteiger partial charge in [0.25, 0.3) is 0 Å². The minimum atomic E-state index is -0.338. The smallest absolute Gasteiger partial charge is 0.348 e. The second-order valence-electron chi connectivity index (χ2n) is 4.99. The third-order valence-corrected chi connectivity index (χ3v) is 4.32. The summed E-state index contributed by atoms with van der Waals surface area (Å²) in [5.41, 5.74) is 0.811. The van der Waals surface area contributed by atoms with Gasteiger partial charge >= 0.3 is 5.97 Å². The first-order chi connectivity index (χ1) is 10.9. The molecule has 2 rings (SSSR count). The van der Waals surface area contributed by atoms with Crippen LogP contribution in [0, 0.1) is 13.8 Å². The van der Waals surface area contributed by atoms with Crippen molar-refractivity contribution in [3.63, 3.8) is 0 Å². The van der Waals surface area contributed by atoms with Crippen LogP contribution >= 0.6 is 11.3 Å². The Balaban J connectivity index is 2.32. The van der Waals surface area contributed by atoms with E-state index in [1.54, 1.807) is 13.8 Å². The van der Waals surface area contributed by atoms with E-state index in [2.05, 4.69) is 20.6 Å². The van der Waals surface area contributed by atoms with Gasteiger partial charge in [-0.1, -0.05) is 0 Å². The number of ether oxygens (including phenoxy) is 1. The van der Waals surface area contributed by atoms with E-state index in [0.717, 1.165) is 15.8 Å². The first kappa shape index (κ1) is 17.1. The Morgan fingerprint density at radius 1 is 1.22 bits per heavy atom. The molecule has 0 saturated heterocycles. The number of anilines is 1. The van der Waals surface area contributed by atoms with Crippen LogP contribution in [-0.2, 0) is 9.53 Å². The molecular formula is C15H20N4O3S. The molecule has 0 aromatic carbocycles. The van der Waals surface area contributed by atoms with Gasteiger partial charge in [-0.25, -0.2) is 14.8 Å². The average molecular weight is 336 g/mol. The fourth-order valence-electron chi connectivity index (χ4n) is 2.18. The number of amides is 1. The van der Waals surface area contributed by atoms with Gasteiger partial charge in [0.05, 0.1) is 12.0 Å². The van der Waals surface area contributed by atoms with Crippen molar-refractivity contribution in [2.45, 2.75) is 27.7 Å². The highest BCUT2D eigenvalue weighted by atomic mass is 32.1. The number of carbonyl (C=O) groups excluding carboxylic acids is 2. The van der Waals surface area contributed by atoms with Gasteiger partial charge in [-0.05, 0) is 26.3 Å². The lowest BCUT2D eigenvalue weighted by atomic mass is 10.2. The molecule has 1 amide bonds. The van der Waals surface area contributed by atoms with Gasteiger partial charge in [0.15, 0.2) is 0 Å². The van der Waals surface area contributed by atoms with Gasteiger partial charge in [0.1, 0.15) is 21.3 Å². The summed E-state index contributed by atoms with van der Waals surface area (Å²) < 4.78 is 5.09. The molecule has 0 aliphatic heterocycles. The van der Waals surface area contributed by atoms with Gasteiger partial charge in [0, 0.05) is 20.0 Å². The van der Waals surface area contributed by atoms with E-state index >= 15 is 0 Å². The maximum absolute atomic E-state index is 12.0. The first-order valence-corrected chi connectivity index (χ1v) is 8.18. The standard InChI is InChI=1S/C15H20N4O3S/c1-5-22-15(21)12-8(2)11-13(17-7-6-16-10(4)20)18-9(3)19-14(11)23-12/h5-7H2,1-4H3,(H,16,20)(H,17,18,19). The van der Waals surface area contributed by atoms with Crippen molar-refractivity contribution in [3.05, 3.63) is 16.3 Å². The number of rotatable bonds is 6. The Morgan fingerprint density at radius 3 is 2.61 bits per heavy atom. The van der Waals surface area contributed by atoms with Gasteiger partial charge in [-0.3, -0.25) is 4.79 Å². The normalized spacial score (nSPS) is 10.6. The molecule has 0 saturated carbocycles. The van der Waals surface area contributed by atoms with Crippen LogP contribution in [0.4, 0.5) is 5.82 Å². The number of esters is 1. The van der Waals surface area contributed by atoms with Crippen LogP contribution in [0.3, 0.4) is 0 Å². The molecule has 0 radical (unpaired) electrons. The number of aryl methyl sites for hydroxylation is 2. The number of nitrogens with one attached hydrogen (secondary N) is 2. The van der Waals surface area contributed by atoms with Crippen LogP contribution in [0.2, 0.25) is 0 Å². The van der Waals surface area contributed by atoms with Gasteiger partial charge in [-0.15, -0.1) is 11.3 Å². The molecule has 0 aliphatic rings. The van der Waals surface area contributed by atoms with Crippen LogP contribution < -0.4 is 10.6 Å². The number of hydrogen-bond acceptors (Lipinski definition) is 7. The lowest BCUT2D eigenvalue weighted by Crippen LogP contribution is -2.26. The Kier molecular flexibility index (Phi) is 5.49. The molecule has 7 nitrogen and oxygen atoms in total. The molecule has 23 heavy (non-hydrogen) atoms. The van der Waals surface area contributed by atoms with Crippen molar-refractivity contribution in [1.29, 1.82) is 0 Å². The van der Waals surface area contributed by atoms with Crippen LogP contribution in [0.15, 0.2) is 0 Å². The van der Waals surface area contributed by atoms with E-state index in [9.17, 15) is 9.59 Å². The Hall–Kier alpha value is -2.22. The summed E-state index contributed by atoms with van der Waals surface area (Å²) in [4.78, 5) is 33.1. The zero-order valence-electron chi connectivity index (χ0n) is 13.6. The summed E-state index contributed by atoms with van der Waals surface area (Å²) in [6.45, 7) is 8.28. The van der Waals surface area contributed by atoms with Crippen LogP contribution in [0.5, 0.6) is 0 Å². The monoisotopic (exact) mass is 336 g/mol. The van der Waals surface area contributed by atoms with Crippen LogP contribution in [0.1, 0.15) is 34.9 Å². The topological polar surface area (TPSA) is 93.2 Å². The van der Waals surface area contributed by atoms with E-state index in [4.69, 9.17) is 4.74 Å². The summed E-state index contributed by atoms with van der Waals surface area (Å²) in [6, 6.07) is 0. The Morgan fingerprint density at radius 2 is 1.96 bits per heavy atom. The molecule has 0 bridgehead atoms. The molecule has 124 valence electrons. The zero-order chi connectivity index (χ0) is 17.0. The maximum atomic E-state index is 12.0. The summed E-state index contributed by atoms with van der Waals surface area (Å²) in [5, 5.41) is 6.74. The van der Waals surface area contributed by atoms with Gasteiger partial charge in [-0.2, -0.15) is 0 Å². The second kappa shape index (κ2) is 7.36. The lowest BCUT2D eigenvalue weighted by Gasteiger charge is -2.08. The predicted octanol–water partition coefficient (Wildman–Crippen LogP) is 2.03. The van der Waals surface area contributed by atoms with Crippen LogP contribution in [0.25, 0.3) is 10.2 Å². The number of aromatic nitrogens is 2. The molecular weight excluding hydrogens is 316 g/mol. The number of nitrogens with zero attached hydrogens (tertiary/aromatic N) is 2. The Labute approximate surface area is 138 Å². The molecule has 8 heteroatoms. The SMILES string of the molecule is CCOC(=O)c1sc2nc(C)nc(NCCNC(C)=O)c2c1C. The van der Waals surface area contributed by atoms with Gasteiger partial charge in [0.2, 0.25) is 5.91 Å². The highest BCUT2D eigenvalue weighted by Gasteiger charge is 2.20. The van der Waals surface area contributed by atoms with Crippen molar-refractivity contribution < 1.29 is 14.3 Å². The predicted molar refractivity (Wildman–Crippen MR) is 90.0 cm³/mol. The fraction of sp³-hybridized carbons (Fsp3) is 0.467. The van der Waals surface area contributed by atoms with E-state index < -0.39 is 0 Å². The summed E-state index contributed by atoms with van der Waals surface area (Å²) in [5.74, 6) is 0.875. The van der Waals surface area contributed by atoms with Crippen LogP contribution in [-0.4, -0.2) is 41.5 Å². The molecule has 0 aliphatic carbocycles. The molecule has 2 aromatic rings. The lowest BCUT2D eigenvalue weighted by molar-refractivity contribution is -0.118. The summed E-state index contributed by atoms with van der Waals surface area (Å²) >= 11 is 1.31. The van der Waals surface area contributed by atoms with Crippen molar-refractivity contribution in [2.75, 3.05) is 25.0 Å². The molecule has 0 spiro atoms. The second-order valence-corrected chi connectivity index (χ2v) is 5.99. The molecule has 0 atom stereocenters. The van der Waals surface area contributed by atoms with Crippen molar-refractivity contribution in [3.8, 4) is 0 Å². The third-order valence-electron chi connectivity index (χ3n) is 3.15. The summed E-state index contributed by atoms with van der Waals surface area (Å²) in [6.07, 6.45) is 0. The van der Waals surface area contributed by atoms with Crippen molar-refractivity contribution in [2.24, 2.45) is 0 Å². The minimum Gasteiger partial charge on any atom is -0.462 e. The minimum absolute atomic E-state index is 0.0767. The summed E-state index contributed by atoms with van der Waals surface area (Å²) in [7, 11) is 0. The van der Waals surface area contributed by atoms with E-state index in [-0.39, 0.29) is 11.9 Å². The third kappa shape index (κ3) is 3.95. The van der Waals surface area contributed by atoms with Crippen molar-refractivity contribution >= 4 is 39.2 Å². The quantitative estimate of drug-likeness (QED) is 0.619. The number of carbonyl (C=O) groups is 2. The zero-order valence-corrected chi connectivity index (χ0v) is 14.5. The first-order valence-electron chi connectivity index (χ1n) is 7.37. The fourth-order valence-corrected chi connectivity index (χ4v) is 3.30.